The van der Waals surface area contributed by atoms with Gasteiger partial charge in [-0.1, -0.05) is 6.07 Å². The van der Waals surface area contributed by atoms with Crippen molar-refractivity contribution in [2.75, 3.05) is 11.9 Å². The third-order valence-corrected chi connectivity index (χ3v) is 10.9. The van der Waals surface area contributed by atoms with Crippen LogP contribution in [-0.4, -0.2) is 40.1 Å². The van der Waals surface area contributed by atoms with Gasteiger partial charge in [0.2, 0.25) is 21.8 Å². The third kappa shape index (κ3) is 4.49. The number of anilines is 1. The molecule has 1 aromatic carbocycles. The van der Waals surface area contributed by atoms with Crippen LogP contribution in [0.4, 0.5) is 5.82 Å². The van der Waals surface area contributed by atoms with Crippen molar-refractivity contribution in [3.8, 4) is 11.6 Å². The molecule has 4 bridgehead atoms. The molecule has 202 valence electrons. The Morgan fingerprint density at radius 3 is 2.33 bits per heavy atom. The fourth-order valence-corrected chi connectivity index (χ4v) is 9.03. The van der Waals surface area contributed by atoms with Crippen LogP contribution in [0.15, 0.2) is 59.9 Å². The predicted octanol–water partition coefficient (Wildman–Crippen LogP) is 4.57. The van der Waals surface area contributed by atoms with Gasteiger partial charge < -0.3 is 10.1 Å². The fraction of sp³-hybridized carbons (Fsp3) is 0.448. The Bertz CT molecular complexity index is 1480. The Balaban J connectivity index is 1.06. The highest BCUT2D eigenvalue weighted by molar-refractivity contribution is 7.89. The van der Waals surface area contributed by atoms with Gasteiger partial charge >= 0.3 is 0 Å². The molecule has 0 saturated heterocycles. The average Bonchev–Trinajstić information content (AvgIpc) is 2.93. The molecule has 39 heavy (non-hydrogen) atoms. The summed E-state index contributed by atoms with van der Waals surface area (Å²) >= 11 is 0. The number of hydrogen-bond donors (Lipinski definition) is 1. The number of nitrogens with one attached hydrogen (secondary N) is 1. The van der Waals surface area contributed by atoms with Crippen LogP contribution in [0.1, 0.15) is 49.8 Å². The van der Waals surface area contributed by atoms with Crippen molar-refractivity contribution in [1.82, 2.24) is 19.3 Å². The number of ether oxygens (including phenoxy) is 1. The molecule has 1 N–H and O–H groups in total. The van der Waals surface area contributed by atoms with E-state index in [1.807, 2.05) is 6.07 Å². The number of fused-ring (bicyclic) bond motifs is 1. The number of amides is 1. The maximum Gasteiger partial charge on any atom is 0.243 e. The van der Waals surface area contributed by atoms with Crippen LogP contribution in [0.5, 0.6) is 11.6 Å². The second kappa shape index (κ2) is 9.38. The maximum atomic E-state index is 13.6. The lowest BCUT2D eigenvalue weighted by Gasteiger charge is -2.55. The lowest BCUT2D eigenvalue weighted by Crippen LogP contribution is -2.52. The monoisotopic (exact) mass is 545 g/mol. The Labute approximate surface area is 228 Å². The van der Waals surface area contributed by atoms with Gasteiger partial charge in [0.25, 0.3) is 0 Å². The van der Waals surface area contributed by atoms with Gasteiger partial charge in [-0.05, 0) is 93.0 Å². The Hall–Kier alpha value is -3.37. The van der Waals surface area contributed by atoms with Crippen molar-refractivity contribution in [3.63, 3.8) is 0 Å². The largest absolute Gasteiger partial charge is 0.439 e. The van der Waals surface area contributed by atoms with Crippen LogP contribution in [0.25, 0.3) is 0 Å². The van der Waals surface area contributed by atoms with E-state index in [1.54, 1.807) is 42.6 Å². The summed E-state index contributed by atoms with van der Waals surface area (Å²) in [6.07, 6.45) is 10.3. The number of carbonyl (C=O) groups is 1. The molecule has 4 fully saturated rings. The first-order valence-corrected chi connectivity index (χ1v) is 15.2. The van der Waals surface area contributed by atoms with E-state index in [0.29, 0.717) is 47.3 Å². The molecule has 0 spiro atoms. The highest BCUT2D eigenvalue weighted by Crippen LogP contribution is 2.60. The zero-order valence-corrected chi connectivity index (χ0v) is 22.4. The van der Waals surface area contributed by atoms with Crippen molar-refractivity contribution in [2.24, 2.45) is 23.2 Å². The quantitative estimate of drug-likeness (QED) is 0.483. The first-order valence-electron chi connectivity index (χ1n) is 13.7. The van der Waals surface area contributed by atoms with Crippen LogP contribution in [0.3, 0.4) is 0 Å². The second-order valence-corrected chi connectivity index (χ2v) is 13.6. The molecular weight excluding hydrogens is 514 g/mol. The molecule has 4 saturated carbocycles. The molecule has 0 atom stereocenters. The summed E-state index contributed by atoms with van der Waals surface area (Å²) in [5.74, 6) is 3.59. The van der Waals surface area contributed by atoms with Gasteiger partial charge in [0.05, 0.1) is 22.5 Å². The van der Waals surface area contributed by atoms with Gasteiger partial charge in [-0.3, -0.25) is 4.79 Å². The number of rotatable bonds is 6. The lowest BCUT2D eigenvalue weighted by molar-refractivity contribution is -0.140. The summed E-state index contributed by atoms with van der Waals surface area (Å²) in [5, 5.41) is 3.16. The van der Waals surface area contributed by atoms with E-state index in [4.69, 9.17) is 4.74 Å². The number of sulfonamides is 1. The van der Waals surface area contributed by atoms with E-state index >= 15 is 0 Å². The normalized spacial score (nSPS) is 27.6. The van der Waals surface area contributed by atoms with Gasteiger partial charge in [0.15, 0.2) is 0 Å². The van der Waals surface area contributed by atoms with Gasteiger partial charge in [-0.25, -0.2) is 23.4 Å². The van der Waals surface area contributed by atoms with E-state index in [0.717, 1.165) is 24.8 Å². The van der Waals surface area contributed by atoms with Crippen molar-refractivity contribution in [2.45, 2.75) is 56.4 Å². The van der Waals surface area contributed by atoms with Gasteiger partial charge in [-0.15, -0.1) is 0 Å². The van der Waals surface area contributed by atoms with E-state index in [9.17, 15) is 13.2 Å². The molecule has 10 heteroatoms. The summed E-state index contributed by atoms with van der Waals surface area (Å²) in [4.78, 5) is 26.7. The Morgan fingerprint density at radius 2 is 1.67 bits per heavy atom. The topological polar surface area (TPSA) is 114 Å². The number of hydrogen-bond acceptors (Lipinski definition) is 7. The average molecular weight is 546 g/mol. The minimum Gasteiger partial charge on any atom is -0.439 e. The fourth-order valence-electron chi connectivity index (χ4n) is 7.63. The zero-order chi connectivity index (χ0) is 26.6. The van der Waals surface area contributed by atoms with Crippen LogP contribution < -0.4 is 10.1 Å². The van der Waals surface area contributed by atoms with Gasteiger partial charge in [0.1, 0.15) is 17.9 Å². The first kappa shape index (κ1) is 24.7. The SMILES string of the molecule is O=C(Nc1ncnc2c1CCN(S(=O)(=O)c1ccc(Oc3ccccn3)cc1)C2)C12CC3CC(CC(C3)C1)C2. The minimum absolute atomic E-state index is 0.0885. The highest BCUT2D eigenvalue weighted by atomic mass is 32.2. The summed E-state index contributed by atoms with van der Waals surface area (Å²) in [7, 11) is -3.75. The van der Waals surface area contributed by atoms with Crippen molar-refractivity contribution in [3.05, 3.63) is 66.2 Å². The van der Waals surface area contributed by atoms with Crippen LogP contribution in [0, 0.1) is 23.2 Å². The molecule has 1 aliphatic heterocycles. The molecule has 5 aliphatic rings. The van der Waals surface area contributed by atoms with Crippen molar-refractivity contribution < 1.29 is 17.9 Å². The molecule has 8 rings (SSSR count). The van der Waals surface area contributed by atoms with E-state index in [2.05, 4.69) is 20.3 Å². The summed E-state index contributed by atoms with van der Waals surface area (Å²) in [6.45, 7) is 0.418. The van der Waals surface area contributed by atoms with Crippen LogP contribution >= 0.6 is 0 Å². The van der Waals surface area contributed by atoms with E-state index < -0.39 is 10.0 Å². The molecule has 0 radical (unpaired) electrons. The molecule has 0 unspecified atom stereocenters. The molecule has 3 aromatic rings. The predicted molar refractivity (Wildman–Crippen MR) is 143 cm³/mol. The standard InChI is InChI=1S/C29H31N5O4S/c35-28(29-14-19-11-20(15-29)13-21(12-19)16-29)33-27-24-8-10-34(17-25(24)31-18-32-27)39(36,37)23-6-4-22(5-7-23)38-26-3-1-2-9-30-26/h1-7,9,18-21H,8,10-17H2,(H,31,32,33,35). The smallest absolute Gasteiger partial charge is 0.243 e. The number of nitrogens with zero attached hydrogens (tertiary/aromatic N) is 4. The van der Waals surface area contributed by atoms with Crippen LogP contribution in [0.2, 0.25) is 0 Å². The molecule has 1 amide bonds. The summed E-state index contributed by atoms with van der Waals surface area (Å²) in [6, 6.07) is 11.7. The highest BCUT2D eigenvalue weighted by Gasteiger charge is 2.54. The van der Waals surface area contributed by atoms with Crippen molar-refractivity contribution >= 4 is 21.7 Å². The summed E-state index contributed by atoms with van der Waals surface area (Å²) in [5.41, 5.74) is 1.19. The second-order valence-electron chi connectivity index (χ2n) is 11.6. The van der Waals surface area contributed by atoms with Gasteiger partial charge in [-0.2, -0.15) is 4.31 Å². The first-order chi connectivity index (χ1) is 18.9. The van der Waals surface area contributed by atoms with Crippen molar-refractivity contribution in [1.29, 1.82) is 0 Å². The number of pyridine rings is 1. The maximum absolute atomic E-state index is 13.6. The molecule has 4 aliphatic carbocycles. The lowest BCUT2D eigenvalue weighted by atomic mass is 9.49. The number of benzene rings is 1. The van der Waals surface area contributed by atoms with Gasteiger partial charge in [0, 0.05) is 24.4 Å². The molecule has 3 heterocycles. The number of carbonyl (C=O) groups excluding carboxylic acids is 1. The van der Waals surface area contributed by atoms with E-state index in [-0.39, 0.29) is 29.3 Å². The third-order valence-electron chi connectivity index (χ3n) is 9.05. The van der Waals surface area contributed by atoms with E-state index in [1.165, 1.54) is 29.9 Å². The Kier molecular flexibility index (Phi) is 5.93. The van der Waals surface area contributed by atoms with Crippen LogP contribution in [-0.2, 0) is 27.8 Å². The summed E-state index contributed by atoms with van der Waals surface area (Å²) < 4.78 is 34.0. The molecule has 2 aromatic heterocycles. The Morgan fingerprint density at radius 1 is 0.949 bits per heavy atom. The zero-order valence-electron chi connectivity index (χ0n) is 21.6. The molecule has 9 nitrogen and oxygen atoms in total. The minimum atomic E-state index is -3.75. The molecular formula is C29H31N5O4S. The number of aromatic nitrogens is 3.